The molecule has 12 heavy (non-hydrogen) atoms. The van der Waals surface area contributed by atoms with Gasteiger partial charge < -0.3 is 10.5 Å². The molecule has 0 fully saturated rings. The van der Waals surface area contributed by atoms with Crippen LogP contribution in [-0.2, 0) is 14.3 Å². The van der Waals surface area contributed by atoms with Crippen LogP contribution in [0.5, 0.6) is 0 Å². The van der Waals surface area contributed by atoms with E-state index in [1.54, 1.807) is 0 Å². The molecule has 0 saturated heterocycles. The normalized spacial score (nSPS) is 12.2. The van der Waals surface area contributed by atoms with Crippen molar-refractivity contribution in [1.82, 2.24) is 0 Å². The number of rotatable bonds is 6. The minimum absolute atomic E-state index is 0.147. The molecule has 0 aromatic heterocycles. The van der Waals surface area contributed by atoms with Crippen molar-refractivity contribution in [3.63, 3.8) is 0 Å². The number of ether oxygens (including phenoxy) is 1. The van der Waals surface area contributed by atoms with E-state index in [1.807, 2.05) is 6.92 Å². The number of hydrogen-bond donors (Lipinski definition) is 1. The van der Waals surface area contributed by atoms with Gasteiger partial charge in [-0.15, -0.1) is 0 Å². The van der Waals surface area contributed by atoms with E-state index in [0.717, 1.165) is 12.8 Å². The summed E-state index contributed by atoms with van der Waals surface area (Å²) in [6.45, 7) is 2.15. The highest BCUT2D eigenvalue weighted by Crippen LogP contribution is 2.02. The summed E-state index contributed by atoms with van der Waals surface area (Å²) in [4.78, 5) is 20.3. The molecule has 0 rings (SSSR count). The first-order valence-electron chi connectivity index (χ1n) is 4.09. The molecule has 1 atom stereocenters. The Hall–Kier alpha value is -0.900. The average Bonchev–Trinajstić information content (AvgIpc) is 2.04. The molecular weight excluding hydrogens is 158 g/mol. The molecule has 1 unspecified atom stereocenters. The molecule has 0 saturated carbocycles. The molecule has 2 N–H and O–H groups in total. The highest BCUT2D eigenvalue weighted by atomic mass is 16.6. The number of carbonyl (C=O) groups excluding carboxylic acids is 2. The monoisotopic (exact) mass is 173 g/mol. The van der Waals surface area contributed by atoms with Gasteiger partial charge in [0.05, 0.1) is 0 Å². The first-order valence-corrected chi connectivity index (χ1v) is 4.09. The number of carbonyl (C=O) groups is 2. The van der Waals surface area contributed by atoms with Crippen molar-refractivity contribution in [2.75, 3.05) is 0 Å². The zero-order chi connectivity index (χ0) is 9.40. The topological polar surface area (TPSA) is 69.4 Å². The van der Waals surface area contributed by atoms with Crippen LogP contribution in [0.1, 0.15) is 32.6 Å². The molecule has 0 bridgehead atoms. The predicted molar refractivity (Wildman–Crippen MR) is 44.3 cm³/mol. The fourth-order valence-electron chi connectivity index (χ4n) is 0.825. The van der Waals surface area contributed by atoms with Crippen molar-refractivity contribution in [3.05, 3.63) is 0 Å². The Morgan fingerprint density at radius 2 is 2.33 bits per heavy atom. The van der Waals surface area contributed by atoms with Crippen LogP contribution < -0.4 is 5.73 Å². The molecule has 0 aromatic carbocycles. The molecule has 70 valence electrons. The van der Waals surface area contributed by atoms with Crippen molar-refractivity contribution in [3.8, 4) is 0 Å². The minimum atomic E-state index is -0.478. The Labute approximate surface area is 72.1 Å². The smallest absolute Gasteiger partial charge is 0.313 e. The third-order valence-corrected chi connectivity index (χ3v) is 1.66. The van der Waals surface area contributed by atoms with E-state index in [-0.39, 0.29) is 18.9 Å². The van der Waals surface area contributed by atoms with E-state index in [4.69, 9.17) is 5.73 Å². The fraction of sp³-hybridized carbons (Fsp3) is 0.750. The van der Waals surface area contributed by atoms with Crippen molar-refractivity contribution in [2.24, 2.45) is 5.73 Å². The van der Waals surface area contributed by atoms with Crippen LogP contribution in [0, 0.1) is 0 Å². The average molecular weight is 173 g/mol. The van der Waals surface area contributed by atoms with Crippen LogP contribution >= 0.6 is 0 Å². The second-order valence-electron chi connectivity index (χ2n) is 2.65. The largest absolute Gasteiger partial charge is 0.395 e. The summed E-state index contributed by atoms with van der Waals surface area (Å²) in [5, 5.41) is 0. The van der Waals surface area contributed by atoms with Gasteiger partial charge >= 0.3 is 12.4 Å². The fourth-order valence-corrected chi connectivity index (χ4v) is 0.825. The molecule has 0 aliphatic heterocycles. The number of hydrogen-bond acceptors (Lipinski definition) is 4. The standard InChI is InChI=1S/C8H15NO3/c1-2-7(9)4-3-5-8(11)12-6-10/h6-7H,2-5,9H2,1H3. The minimum Gasteiger partial charge on any atom is -0.395 e. The molecule has 0 heterocycles. The molecule has 0 radical (unpaired) electrons. The molecule has 0 aromatic rings. The first-order chi connectivity index (χ1) is 5.70. The zero-order valence-electron chi connectivity index (χ0n) is 7.29. The second-order valence-corrected chi connectivity index (χ2v) is 2.65. The third-order valence-electron chi connectivity index (χ3n) is 1.66. The Kier molecular flexibility index (Phi) is 6.28. The molecule has 0 amide bonds. The number of nitrogens with two attached hydrogens (primary N) is 1. The van der Waals surface area contributed by atoms with Gasteiger partial charge in [0.2, 0.25) is 0 Å². The van der Waals surface area contributed by atoms with Crippen LogP contribution in [0.3, 0.4) is 0 Å². The van der Waals surface area contributed by atoms with Crippen LogP contribution in [0.4, 0.5) is 0 Å². The Balaban J connectivity index is 3.30. The third kappa shape index (κ3) is 5.85. The van der Waals surface area contributed by atoms with Crippen molar-refractivity contribution < 1.29 is 14.3 Å². The summed E-state index contributed by atoms with van der Waals surface area (Å²) >= 11 is 0. The van der Waals surface area contributed by atoms with Crippen LogP contribution in [0.25, 0.3) is 0 Å². The molecular formula is C8H15NO3. The molecule has 0 spiro atoms. The van der Waals surface area contributed by atoms with Gasteiger partial charge in [-0.05, 0) is 19.3 Å². The lowest BCUT2D eigenvalue weighted by molar-refractivity contribution is -0.151. The van der Waals surface area contributed by atoms with E-state index in [2.05, 4.69) is 4.74 Å². The predicted octanol–water partition coefficient (Wildman–Crippen LogP) is 0.594. The number of esters is 1. The van der Waals surface area contributed by atoms with Gasteiger partial charge in [0.15, 0.2) is 0 Å². The van der Waals surface area contributed by atoms with E-state index in [0.29, 0.717) is 6.42 Å². The van der Waals surface area contributed by atoms with Gasteiger partial charge in [0.25, 0.3) is 0 Å². The maximum Gasteiger partial charge on any atom is 0.313 e. The molecule has 4 nitrogen and oxygen atoms in total. The van der Waals surface area contributed by atoms with Gasteiger partial charge in [0, 0.05) is 12.5 Å². The highest BCUT2D eigenvalue weighted by Gasteiger charge is 2.03. The first kappa shape index (κ1) is 11.1. The SMILES string of the molecule is CCC(N)CCCC(=O)OC=O. The van der Waals surface area contributed by atoms with Crippen molar-refractivity contribution in [2.45, 2.75) is 38.6 Å². The molecule has 4 heteroatoms. The van der Waals surface area contributed by atoms with Gasteiger partial charge in [-0.2, -0.15) is 0 Å². The maximum absolute atomic E-state index is 10.6. The lowest BCUT2D eigenvalue weighted by Gasteiger charge is -2.06. The maximum atomic E-state index is 10.6. The lowest BCUT2D eigenvalue weighted by atomic mass is 10.1. The van der Waals surface area contributed by atoms with Gasteiger partial charge in [0.1, 0.15) is 0 Å². The molecule has 0 aliphatic carbocycles. The van der Waals surface area contributed by atoms with Crippen molar-refractivity contribution >= 4 is 12.4 Å². The van der Waals surface area contributed by atoms with Gasteiger partial charge in [-0.25, -0.2) is 0 Å². The summed E-state index contributed by atoms with van der Waals surface area (Å²) in [5.41, 5.74) is 5.61. The van der Waals surface area contributed by atoms with E-state index < -0.39 is 5.97 Å². The summed E-state index contributed by atoms with van der Waals surface area (Å²) in [5.74, 6) is -0.478. The van der Waals surface area contributed by atoms with Crippen LogP contribution in [-0.4, -0.2) is 18.5 Å². The van der Waals surface area contributed by atoms with E-state index in [9.17, 15) is 9.59 Å². The lowest BCUT2D eigenvalue weighted by Crippen LogP contribution is -2.18. The summed E-state index contributed by atoms with van der Waals surface area (Å²) < 4.78 is 4.10. The Morgan fingerprint density at radius 3 is 2.83 bits per heavy atom. The van der Waals surface area contributed by atoms with Crippen molar-refractivity contribution in [1.29, 1.82) is 0 Å². The van der Waals surface area contributed by atoms with E-state index >= 15 is 0 Å². The van der Waals surface area contributed by atoms with Crippen LogP contribution in [0.15, 0.2) is 0 Å². The summed E-state index contributed by atoms with van der Waals surface area (Å²) in [7, 11) is 0. The summed E-state index contributed by atoms with van der Waals surface area (Å²) in [6.07, 6.45) is 2.65. The van der Waals surface area contributed by atoms with Gasteiger partial charge in [-0.3, -0.25) is 9.59 Å². The second kappa shape index (κ2) is 6.79. The zero-order valence-corrected chi connectivity index (χ0v) is 7.29. The van der Waals surface area contributed by atoms with Crippen LogP contribution in [0.2, 0.25) is 0 Å². The summed E-state index contributed by atoms with van der Waals surface area (Å²) in [6, 6.07) is 0.147. The highest BCUT2D eigenvalue weighted by molar-refractivity contribution is 5.76. The molecule has 0 aliphatic rings. The quantitative estimate of drug-likeness (QED) is 0.362. The van der Waals surface area contributed by atoms with Gasteiger partial charge in [-0.1, -0.05) is 6.92 Å². The van der Waals surface area contributed by atoms with E-state index in [1.165, 1.54) is 0 Å². The Morgan fingerprint density at radius 1 is 1.67 bits per heavy atom. The Bertz CT molecular complexity index is 147.